The summed E-state index contributed by atoms with van der Waals surface area (Å²) in [7, 11) is 1.85. The lowest BCUT2D eigenvalue weighted by Crippen LogP contribution is -2.56. The van der Waals surface area contributed by atoms with Crippen molar-refractivity contribution in [3.63, 3.8) is 0 Å². The number of carbonyl (C=O) groups is 1. The SMILES string of the molecule is CN=C(NCCNC(=O)C(C)(C)C)N1CCN(C2CC3CCC2C3)CC1. The lowest BCUT2D eigenvalue weighted by Gasteiger charge is -2.42. The van der Waals surface area contributed by atoms with Crippen molar-refractivity contribution in [2.45, 2.75) is 52.5 Å². The number of rotatable bonds is 4. The molecular weight excluding hydrogens is 326 g/mol. The third kappa shape index (κ3) is 4.51. The van der Waals surface area contributed by atoms with Crippen molar-refractivity contribution in [1.82, 2.24) is 20.4 Å². The van der Waals surface area contributed by atoms with E-state index in [1.54, 1.807) is 0 Å². The molecule has 26 heavy (non-hydrogen) atoms. The minimum atomic E-state index is -0.336. The number of carbonyl (C=O) groups excluding carboxylic acids is 1. The van der Waals surface area contributed by atoms with Crippen LogP contribution in [0.25, 0.3) is 0 Å². The van der Waals surface area contributed by atoms with Crippen molar-refractivity contribution in [3.8, 4) is 0 Å². The highest BCUT2D eigenvalue weighted by atomic mass is 16.2. The molecule has 3 atom stereocenters. The van der Waals surface area contributed by atoms with Crippen LogP contribution in [0.3, 0.4) is 0 Å². The highest BCUT2D eigenvalue weighted by molar-refractivity contribution is 5.82. The molecular formula is C20H37N5O. The Morgan fingerprint density at radius 2 is 1.73 bits per heavy atom. The highest BCUT2D eigenvalue weighted by Gasteiger charge is 2.42. The molecule has 1 amide bonds. The summed E-state index contributed by atoms with van der Waals surface area (Å²) >= 11 is 0. The van der Waals surface area contributed by atoms with Gasteiger partial charge in [-0.25, -0.2) is 0 Å². The average molecular weight is 364 g/mol. The van der Waals surface area contributed by atoms with Crippen molar-refractivity contribution >= 4 is 11.9 Å². The molecule has 2 bridgehead atoms. The monoisotopic (exact) mass is 363 g/mol. The Morgan fingerprint density at radius 1 is 1.04 bits per heavy atom. The van der Waals surface area contributed by atoms with Gasteiger partial charge in [0.25, 0.3) is 0 Å². The van der Waals surface area contributed by atoms with Crippen molar-refractivity contribution in [1.29, 1.82) is 0 Å². The van der Waals surface area contributed by atoms with Crippen LogP contribution in [0.15, 0.2) is 4.99 Å². The maximum atomic E-state index is 11.9. The Bertz CT molecular complexity index is 519. The largest absolute Gasteiger partial charge is 0.354 e. The van der Waals surface area contributed by atoms with E-state index >= 15 is 0 Å². The molecule has 0 aromatic carbocycles. The Morgan fingerprint density at radius 3 is 2.27 bits per heavy atom. The van der Waals surface area contributed by atoms with Crippen LogP contribution < -0.4 is 10.6 Å². The third-order valence-corrected chi connectivity index (χ3v) is 6.37. The molecule has 2 saturated carbocycles. The summed E-state index contributed by atoms with van der Waals surface area (Å²) in [6.45, 7) is 11.5. The second-order valence-corrected chi connectivity index (χ2v) is 9.25. The van der Waals surface area contributed by atoms with E-state index < -0.39 is 0 Å². The molecule has 1 saturated heterocycles. The van der Waals surface area contributed by atoms with E-state index in [0.29, 0.717) is 13.1 Å². The van der Waals surface area contributed by atoms with Gasteiger partial charge in [-0.05, 0) is 31.1 Å². The summed E-state index contributed by atoms with van der Waals surface area (Å²) in [6.07, 6.45) is 5.85. The zero-order valence-electron chi connectivity index (χ0n) is 17.1. The molecule has 6 heteroatoms. The first kappa shape index (κ1) is 19.5. The normalized spacial score (nSPS) is 29.9. The smallest absolute Gasteiger partial charge is 0.225 e. The fraction of sp³-hybridized carbons (Fsp3) is 0.900. The number of aliphatic imine (C=N–C) groups is 1. The van der Waals surface area contributed by atoms with Crippen LogP contribution in [0.4, 0.5) is 0 Å². The Labute approximate surface area is 158 Å². The quantitative estimate of drug-likeness (QED) is 0.452. The molecule has 0 aromatic rings. The van der Waals surface area contributed by atoms with Gasteiger partial charge in [0, 0.05) is 57.8 Å². The van der Waals surface area contributed by atoms with Crippen molar-refractivity contribution in [3.05, 3.63) is 0 Å². The van der Waals surface area contributed by atoms with Crippen LogP contribution in [-0.4, -0.2) is 74.0 Å². The van der Waals surface area contributed by atoms with Crippen molar-refractivity contribution in [2.24, 2.45) is 22.2 Å². The summed E-state index contributed by atoms with van der Waals surface area (Å²) in [4.78, 5) is 21.4. The molecule has 3 aliphatic rings. The van der Waals surface area contributed by atoms with Crippen molar-refractivity contribution < 1.29 is 4.79 Å². The van der Waals surface area contributed by atoms with Crippen LogP contribution in [0.1, 0.15) is 46.5 Å². The third-order valence-electron chi connectivity index (χ3n) is 6.37. The second-order valence-electron chi connectivity index (χ2n) is 9.25. The summed E-state index contributed by atoms with van der Waals surface area (Å²) in [5.74, 6) is 3.03. The first-order chi connectivity index (χ1) is 12.4. The van der Waals surface area contributed by atoms with Crippen molar-refractivity contribution in [2.75, 3.05) is 46.3 Å². The van der Waals surface area contributed by atoms with Gasteiger partial charge in [-0.1, -0.05) is 27.2 Å². The van der Waals surface area contributed by atoms with Gasteiger partial charge in [0.2, 0.25) is 5.91 Å². The number of nitrogens with one attached hydrogen (secondary N) is 2. The molecule has 2 N–H and O–H groups in total. The van der Waals surface area contributed by atoms with E-state index in [2.05, 4.69) is 25.4 Å². The fourth-order valence-electron chi connectivity index (χ4n) is 4.87. The van der Waals surface area contributed by atoms with Gasteiger partial charge in [0.05, 0.1) is 0 Å². The Balaban J connectivity index is 1.38. The number of amides is 1. The minimum Gasteiger partial charge on any atom is -0.354 e. The van der Waals surface area contributed by atoms with E-state index in [0.717, 1.165) is 50.0 Å². The minimum absolute atomic E-state index is 0.0914. The van der Waals surface area contributed by atoms with Gasteiger partial charge < -0.3 is 15.5 Å². The molecule has 6 nitrogen and oxygen atoms in total. The molecule has 1 heterocycles. The predicted molar refractivity (Wildman–Crippen MR) is 106 cm³/mol. The van der Waals surface area contributed by atoms with Crippen LogP contribution in [-0.2, 0) is 4.79 Å². The van der Waals surface area contributed by atoms with E-state index in [9.17, 15) is 4.79 Å². The molecule has 0 aromatic heterocycles. The summed E-state index contributed by atoms with van der Waals surface area (Å²) < 4.78 is 0. The van der Waals surface area contributed by atoms with Gasteiger partial charge in [0.15, 0.2) is 5.96 Å². The Kier molecular flexibility index (Phi) is 6.10. The zero-order chi connectivity index (χ0) is 18.7. The van der Waals surface area contributed by atoms with Gasteiger partial charge in [-0.3, -0.25) is 14.7 Å². The fourth-order valence-corrected chi connectivity index (χ4v) is 4.87. The molecule has 1 aliphatic heterocycles. The molecule has 0 spiro atoms. The number of piperazine rings is 1. The maximum Gasteiger partial charge on any atom is 0.225 e. The number of guanidine groups is 1. The van der Waals surface area contributed by atoms with E-state index in [4.69, 9.17) is 0 Å². The van der Waals surface area contributed by atoms with E-state index in [1.165, 1.54) is 25.7 Å². The molecule has 3 unspecified atom stereocenters. The Hall–Kier alpha value is -1.30. The number of hydrogen-bond acceptors (Lipinski definition) is 3. The molecule has 2 aliphatic carbocycles. The van der Waals surface area contributed by atoms with Crippen LogP contribution >= 0.6 is 0 Å². The number of fused-ring (bicyclic) bond motifs is 2. The molecule has 3 rings (SSSR count). The lowest BCUT2D eigenvalue weighted by molar-refractivity contribution is -0.128. The molecule has 3 fully saturated rings. The average Bonchev–Trinajstić information content (AvgIpc) is 3.24. The number of hydrogen-bond donors (Lipinski definition) is 2. The van der Waals surface area contributed by atoms with Crippen LogP contribution in [0, 0.1) is 17.3 Å². The maximum absolute atomic E-state index is 11.9. The molecule has 0 radical (unpaired) electrons. The summed E-state index contributed by atoms with van der Waals surface area (Å²) in [5, 5.41) is 6.38. The molecule has 148 valence electrons. The highest BCUT2D eigenvalue weighted by Crippen LogP contribution is 2.46. The predicted octanol–water partition coefficient (Wildman–Crippen LogP) is 1.53. The van der Waals surface area contributed by atoms with Gasteiger partial charge in [-0.15, -0.1) is 0 Å². The summed E-state index contributed by atoms with van der Waals surface area (Å²) in [6, 6.07) is 0.846. The second kappa shape index (κ2) is 8.15. The topological polar surface area (TPSA) is 60.0 Å². The van der Waals surface area contributed by atoms with E-state index in [1.807, 2.05) is 27.8 Å². The van der Waals surface area contributed by atoms with E-state index in [-0.39, 0.29) is 11.3 Å². The lowest BCUT2D eigenvalue weighted by atomic mass is 9.93. The van der Waals surface area contributed by atoms with Gasteiger partial charge >= 0.3 is 0 Å². The van der Waals surface area contributed by atoms with Crippen LogP contribution in [0.2, 0.25) is 0 Å². The first-order valence-electron chi connectivity index (χ1n) is 10.4. The van der Waals surface area contributed by atoms with Gasteiger partial charge in [0.1, 0.15) is 0 Å². The first-order valence-corrected chi connectivity index (χ1v) is 10.4. The van der Waals surface area contributed by atoms with Crippen LogP contribution in [0.5, 0.6) is 0 Å². The number of nitrogens with zero attached hydrogens (tertiary/aromatic N) is 3. The zero-order valence-corrected chi connectivity index (χ0v) is 17.1. The summed E-state index contributed by atoms with van der Waals surface area (Å²) in [5.41, 5.74) is -0.336. The van der Waals surface area contributed by atoms with Gasteiger partial charge in [-0.2, -0.15) is 0 Å². The standard InChI is InChI=1S/C20H37N5O/c1-20(2,3)18(26)22-7-8-23-19(21-4)25-11-9-24(10-12-25)17-14-15-5-6-16(17)13-15/h15-17H,5-14H2,1-4H3,(H,21,23)(H,22,26).